The summed E-state index contributed by atoms with van der Waals surface area (Å²) in [6.07, 6.45) is 5.89. The maximum Gasteiger partial charge on any atom is 0.337 e. The van der Waals surface area contributed by atoms with E-state index in [9.17, 15) is 9.90 Å². The third kappa shape index (κ3) is 4.42. The molecule has 0 amide bonds. The van der Waals surface area contributed by atoms with Gasteiger partial charge >= 0.3 is 5.97 Å². The second kappa shape index (κ2) is 8.65. The van der Waals surface area contributed by atoms with Gasteiger partial charge in [0.2, 0.25) is 0 Å². The van der Waals surface area contributed by atoms with E-state index in [0.29, 0.717) is 23.8 Å². The van der Waals surface area contributed by atoms with Crippen molar-refractivity contribution in [3.63, 3.8) is 0 Å². The Labute approximate surface area is 171 Å². The smallest absolute Gasteiger partial charge is 0.337 e. The fraction of sp³-hybridized carbons (Fsp3) is 0.476. The number of ether oxygens (including phenoxy) is 1. The van der Waals surface area contributed by atoms with Crippen molar-refractivity contribution >= 4 is 11.8 Å². The van der Waals surface area contributed by atoms with Crippen molar-refractivity contribution < 1.29 is 19.5 Å². The first-order valence-corrected chi connectivity index (χ1v) is 9.65. The molecule has 0 radical (unpaired) electrons. The lowest BCUT2D eigenvalue weighted by molar-refractivity contribution is -0.133. The Hall–Kier alpha value is -2.87. The van der Waals surface area contributed by atoms with E-state index >= 15 is 0 Å². The molecule has 0 saturated heterocycles. The Morgan fingerprint density at radius 1 is 1.41 bits per heavy atom. The summed E-state index contributed by atoms with van der Waals surface area (Å²) in [4.78, 5) is 28.6. The standard InChI is InChI=1S/C21H28N4O4/c1-6-29-25-13(2)22-11-17(18(21(26)27)12-24(3)4)20(25)16-9-15(16)19-8-7-14(28-5)10-23-19/h7-8,10-12,15-16,20H,6,9H2,1-5H3,(H,26,27)/t15-,16-,20?/m0/s1. The van der Waals surface area contributed by atoms with Crippen molar-refractivity contribution in [3.05, 3.63) is 47.6 Å². The summed E-state index contributed by atoms with van der Waals surface area (Å²) in [5.74, 6) is 0.830. The Kier molecular flexibility index (Phi) is 6.22. The number of aliphatic imine (C=N–C) groups is 1. The molecule has 1 N–H and O–H groups in total. The molecule has 1 aliphatic heterocycles. The third-order valence-corrected chi connectivity index (χ3v) is 5.10. The first-order valence-electron chi connectivity index (χ1n) is 9.65. The molecule has 3 rings (SSSR count). The molecule has 3 atom stereocenters. The second-order valence-electron chi connectivity index (χ2n) is 7.39. The lowest BCUT2D eigenvalue weighted by Gasteiger charge is -2.36. The van der Waals surface area contributed by atoms with Gasteiger partial charge in [-0.3, -0.25) is 9.82 Å². The van der Waals surface area contributed by atoms with Gasteiger partial charge in [-0.05, 0) is 38.3 Å². The van der Waals surface area contributed by atoms with Gasteiger partial charge in [0.15, 0.2) is 0 Å². The van der Waals surface area contributed by atoms with Crippen LogP contribution in [0.1, 0.15) is 31.9 Å². The number of aromatic nitrogens is 1. The van der Waals surface area contributed by atoms with E-state index in [-0.39, 0.29) is 23.5 Å². The average Bonchev–Trinajstić information content (AvgIpc) is 3.48. The number of hydrogen-bond acceptors (Lipinski definition) is 7. The molecule has 1 aromatic heterocycles. The molecule has 1 aromatic rings. The third-order valence-electron chi connectivity index (χ3n) is 5.10. The first-order chi connectivity index (χ1) is 13.9. The zero-order valence-corrected chi connectivity index (χ0v) is 17.5. The van der Waals surface area contributed by atoms with E-state index in [1.165, 1.54) is 0 Å². The molecule has 0 aromatic carbocycles. The van der Waals surface area contributed by atoms with Crippen LogP contribution in [0, 0.1) is 5.92 Å². The molecule has 1 unspecified atom stereocenters. The van der Waals surface area contributed by atoms with Crippen molar-refractivity contribution in [3.8, 4) is 5.75 Å². The molecule has 2 aliphatic rings. The van der Waals surface area contributed by atoms with Crippen molar-refractivity contribution in [1.29, 1.82) is 0 Å². The normalized spacial score (nSPS) is 24.0. The fourth-order valence-electron chi connectivity index (χ4n) is 3.72. The van der Waals surface area contributed by atoms with Crippen LogP contribution in [-0.2, 0) is 9.63 Å². The molecule has 0 spiro atoms. The molecule has 1 fully saturated rings. The van der Waals surface area contributed by atoms with Crippen LogP contribution in [0.15, 0.2) is 46.9 Å². The van der Waals surface area contributed by atoms with E-state index < -0.39 is 5.97 Å². The number of carboxylic acids is 1. The number of hydroxylamine groups is 2. The van der Waals surface area contributed by atoms with Gasteiger partial charge in [-0.1, -0.05) is 0 Å². The molecule has 1 saturated carbocycles. The van der Waals surface area contributed by atoms with Gasteiger partial charge in [0.05, 0.1) is 31.5 Å². The monoisotopic (exact) mass is 400 g/mol. The number of aliphatic carboxylic acids is 1. The van der Waals surface area contributed by atoms with Crippen LogP contribution < -0.4 is 4.74 Å². The molecular weight excluding hydrogens is 372 g/mol. The fourth-order valence-corrected chi connectivity index (χ4v) is 3.72. The van der Waals surface area contributed by atoms with E-state index in [4.69, 9.17) is 9.57 Å². The van der Waals surface area contributed by atoms with Gasteiger partial charge in [-0.15, -0.1) is 0 Å². The average molecular weight is 400 g/mol. The van der Waals surface area contributed by atoms with E-state index in [1.54, 1.807) is 49.8 Å². The zero-order valence-electron chi connectivity index (χ0n) is 17.5. The van der Waals surface area contributed by atoms with Crippen LogP contribution in [0.4, 0.5) is 0 Å². The quantitative estimate of drug-likeness (QED) is 0.671. The largest absolute Gasteiger partial charge is 0.495 e. The van der Waals surface area contributed by atoms with Gasteiger partial charge < -0.3 is 14.7 Å². The zero-order chi connectivity index (χ0) is 21.1. The number of hydrogen-bond donors (Lipinski definition) is 1. The van der Waals surface area contributed by atoms with Crippen molar-refractivity contribution in [2.45, 2.75) is 32.2 Å². The number of nitrogens with zero attached hydrogens (tertiary/aromatic N) is 4. The molecule has 8 nitrogen and oxygen atoms in total. The summed E-state index contributed by atoms with van der Waals surface area (Å²) in [5, 5.41) is 11.6. The highest BCUT2D eigenvalue weighted by Gasteiger charge is 2.51. The maximum absolute atomic E-state index is 12.0. The molecule has 8 heteroatoms. The second-order valence-corrected chi connectivity index (χ2v) is 7.39. The van der Waals surface area contributed by atoms with Crippen LogP contribution >= 0.6 is 0 Å². The van der Waals surface area contributed by atoms with Gasteiger partial charge in [-0.25, -0.2) is 14.9 Å². The Balaban J connectivity index is 1.95. The van der Waals surface area contributed by atoms with Gasteiger partial charge in [-0.2, -0.15) is 0 Å². The van der Waals surface area contributed by atoms with Gasteiger partial charge in [0, 0.05) is 43.7 Å². The van der Waals surface area contributed by atoms with Crippen LogP contribution in [-0.4, -0.2) is 65.7 Å². The minimum Gasteiger partial charge on any atom is -0.495 e. The van der Waals surface area contributed by atoms with Gasteiger partial charge in [0.1, 0.15) is 11.6 Å². The van der Waals surface area contributed by atoms with E-state index in [1.807, 2.05) is 26.0 Å². The lowest BCUT2D eigenvalue weighted by atomic mass is 9.93. The van der Waals surface area contributed by atoms with Crippen molar-refractivity contribution in [1.82, 2.24) is 14.9 Å². The molecule has 156 valence electrons. The predicted molar refractivity (Wildman–Crippen MR) is 109 cm³/mol. The van der Waals surface area contributed by atoms with E-state index in [0.717, 1.165) is 12.1 Å². The Morgan fingerprint density at radius 3 is 2.72 bits per heavy atom. The summed E-state index contributed by atoms with van der Waals surface area (Å²) < 4.78 is 5.19. The SMILES string of the molecule is CCON1C(C)=NC=C(C(=CN(C)C)C(=O)O)C1[C@H]1C[C@@H]1c1ccc(OC)cn1. The molecule has 0 bridgehead atoms. The van der Waals surface area contributed by atoms with Crippen LogP contribution in [0.5, 0.6) is 5.75 Å². The summed E-state index contributed by atoms with van der Waals surface area (Å²) in [6.45, 7) is 4.25. The number of methoxy groups -OCH3 is 1. The highest BCUT2D eigenvalue weighted by Crippen LogP contribution is 2.53. The first kappa shape index (κ1) is 20.9. The number of rotatable bonds is 8. The topological polar surface area (TPSA) is 87.5 Å². The summed E-state index contributed by atoms with van der Waals surface area (Å²) in [6, 6.07) is 3.62. The van der Waals surface area contributed by atoms with Crippen molar-refractivity contribution in [2.24, 2.45) is 10.9 Å². The van der Waals surface area contributed by atoms with Crippen LogP contribution in [0.2, 0.25) is 0 Å². The summed E-state index contributed by atoms with van der Waals surface area (Å²) >= 11 is 0. The molecule has 1 aliphatic carbocycles. The molecule has 29 heavy (non-hydrogen) atoms. The lowest BCUT2D eigenvalue weighted by Crippen LogP contribution is -2.45. The number of carbonyl (C=O) groups is 1. The number of pyridine rings is 1. The number of carboxylic acid groups (broad SMARTS) is 1. The minimum atomic E-state index is -0.985. The van der Waals surface area contributed by atoms with Gasteiger partial charge in [0.25, 0.3) is 0 Å². The highest BCUT2D eigenvalue weighted by molar-refractivity contribution is 5.93. The molecule has 2 heterocycles. The minimum absolute atomic E-state index is 0.170. The van der Waals surface area contributed by atoms with Crippen LogP contribution in [0.25, 0.3) is 0 Å². The Bertz CT molecular complexity index is 845. The molecular formula is C21H28N4O4. The Morgan fingerprint density at radius 2 is 2.17 bits per heavy atom. The maximum atomic E-state index is 12.0. The predicted octanol–water partition coefficient (Wildman–Crippen LogP) is 2.66. The number of amidine groups is 1. The summed E-state index contributed by atoms with van der Waals surface area (Å²) in [5.41, 5.74) is 1.83. The van der Waals surface area contributed by atoms with E-state index in [2.05, 4.69) is 9.98 Å². The van der Waals surface area contributed by atoms with Crippen molar-refractivity contribution in [2.75, 3.05) is 27.8 Å². The summed E-state index contributed by atoms with van der Waals surface area (Å²) in [7, 11) is 5.22. The highest BCUT2D eigenvalue weighted by atomic mass is 16.7. The van der Waals surface area contributed by atoms with Crippen LogP contribution in [0.3, 0.4) is 0 Å².